The lowest BCUT2D eigenvalue weighted by molar-refractivity contribution is 0.0753. The third-order valence-electron chi connectivity index (χ3n) is 3.07. The number of hydrogen-bond donors (Lipinski definition) is 0. The molecule has 1 fully saturated rings. The first-order chi connectivity index (χ1) is 7.28. The highest BCUT2D eigenvalue weighted by Crippen LogP contribution is 2.39. The van der Waals surface area contributed by atoms with Gasteiger partial charge in [-0.05, 0) is 23.8 Å². The molecule has 78 valence electrons. The van der Waals surface area contributed by atoms with E-state index in [2.05, 4.69) is 6.58 Å². The lowest BCUT2D eigenvalue weighted by Crippen LogP contribution is -2.30. The Morgan fingerprint density at radius 1 is 1.53 bits per heavy atom. The van der Waals surface area contributed by atoms with Crippen molar-refractivity contribution in [3.63, 3.8) is 0 Å². The summed E-state index contributed by atoms with van der Waals surface area (Å²) in [5.74, 6) is 0. The molecule has 1 aromatic carbocycles. The van der Waals surface area contributed by atoms with Gasteiger partial charge in [-0.15, -0.1) is 6.58 Å². The van der Waals surface area contributed by atoms with E-state index in [1.165, 1.54) is 5.56 Å². The average molecular weight is 222 g/mol. The molecular formula is C12H12ClNO. The van der Waals surface area contributed by atoms with Gasteiger partial charge in [0.05, 0.1) is 17.8 Å². The molecule has 0 amide bonds. The number of benzene rings is 1. The van der Waals surface area contributed by atoms with Gasteiger partial charge in [0, 0.05) is 17.9 Å². The smallest absolute Gasteiger partial charge is 0.0921 e. The van der Waals surface area contributed by atoms with Crippen LogP contribution in [-0.4, -0.2) is 12.1 Å². The fourth-order valence-corrected chi connectivity index (χ4v) is 2.57. The van der Waals surface area contributed by atoms with Crippen molar-refractivity contribution in [3.8, 4) is 0 Å². The van der Waals surface area contributed by atoms with Crippen LogP contribution in [0.15, 0.2) is 30.9 Å². The molecule has 1 aromatic rings. The van der Waals surface area contributed by atoms with Crippen LogP contribution in [0.25, 0.3) is 0 Å². The summed E-state index contributed by atoms with van der Waals surface area (Å²) in [5, 5.41) is 2.76. The molecule has 3 heteroatoms. The van der Waals surface area contributed by atoms with Crippen molar-refractivity contribution in [2.45, 2.75) is 25.0 Å². The standard InChI is InChI=1S/C12H12ClNO/c1-2-10-7-11-6-8-5-9(13)3-4-12(8)14(10)15-11/h2-5,10-11H,1,6-7H2/t10-,11+/m1/s1. The normalized spacial score (nSPS) is 27.7. The number of fused-ring (bicyclic) bond motifs is 4. The Kier molecular flexibility index (Phi) is 2.01. The van der Waals surface area contributed by atoms with Gasteiger partial charge in [0.2, 0.25) is 0 Å². The van der Waals surface area contributed by atoms with Gasteiger partial charge in [-0.2, -0.15) is 0 Å². The van der Waals surface area contributed by atoms with Crippen molar-refractivity contribution >= 4 is 17.3 Å². The molecule has 0 spiro atoms. The van der Waals surface area contributed by atoms with Crippen LogP contribution >= 0.6 is 11.6 Å². The molecule has 0 aliphatic carbocycles. The molecule has 2 aliphatic heterocycles. The molecule has 2 aliphatic rings. The third kappa shape index (κ3) is 1.36. The van der Waals surface area contributed by atoms with Gasteiger partial charge in [-0.25, -0.2) is 5.06 Å². The zero-order chi connectivity index (χ0) is 10.4. The van der Waals surface area contributed by atoms with Crippen molar-refractivity contribution in [2.75, 3.05) is 5.06 Å². The maximum absolute atomic E-state index is 5.98. The predicted molar refractivity (Wildman–Crippen MR) is 61.1 cm³/mol. The Balaban J connectivity index is 2.08. The lowest BCUT2D eigenvalue weighted by Gasteiger charge is -2.29. The van der Waals surface area contributed by atoms with Crippen molar-refractivity contribution in [3.05, 3.63) is 41.4 Å². The average Bonchev–Trinajstić information content (AvgIpc) is 2.56. The number of anilines is 1. The first kappa shape index (κ1) is 9.25. The zero-order valence-electron chi connectivity index (χ0n) is 8.32. The first-order valence-corrected chi connectivity index (χ1v) is 5.52. The van der Waals surface area contributed by atoms with E-state index >= 15 is 0 Å². The minimum atomic E-state index is 0.291. The molecule has 3 rings (SSSR count). The molecule has 0 radical (unpaired) electrons. The van der Waals surface area contributed by atoms with E-state index < -0.39 is 0 Å². The molecule has 2 atom stereocenters. The Morgan fingerprint density at radius 3 is 3.20 bits per heavy atom. The predicted octanol–water partition coefficient (Wildman–Crippen LogP) is 2.96. The highest BCUT2D eigenvalue weighted by atomic mass is 35.5. The van der Waals surface area contributed by atoms with Crippen molar-refractivity contribution in [2.24, 2.45) is 0 Å². The van der Waals surface area contributed by atoms with E-state index in [0.29, 0.717) is 12.1 Å². The van der Waals surface area contributed by atoms with Crippen LogP contribution in [0.1, 0.15) is 12.0 Å². The number of hydroxylamine groups is 1. The topological polar surface area (TPSA) is 12.5 Å². The van der Waals surface area contributed by atoms with Gasteiger partial charge in [0.15, 0.2) is 0 Å². The SMILES string of the molecule is C=C[C@@H]1C[C@@H]2Cc3cc(Cl)ccc3N1O2. The van der Waals surface area contributed by atoms with Gasteiger partial charge in [0.25, 0.3) is 0 Å². The molecular weight excluding hydrogens is 210 g/mol. The second-order valence-electron chi connectivity index (χ2n) is 4.07. The number of nitrogens with zero attached hydrogens (tertiary/aromatic N) is 1. The minimum Gasteiger partial charge on any atom is -0.269 e. The maximum Gasteiger partial charge on any atom is 0.0921 e. The molecule has 0 aromatic heterocycles. The summed E-state index contributed by atoms with van der Waals surface area (Å²) in [5.41, 5.74) is 2.42. The van der Waals surface area contributed by atoms with Gasteiger partial charge in [0.1, 0.15) is 0 Å². The van der Waals surface area contributed by atoms with E-state index in [0.717, 1.165) is 23.6 Å². The molecule has 15 heavy (non-hydrogen) atoms. The summed E-state index contributed by atoms with van der Waals surface area (Å²) >= 11 is 5.98. The zero-order valence-corrected chi connectivity index (χ0v) is 9.07. The van der Waals surface area contributed by atoms with Crippen molar-refractivity contribution in [1.82, 2.24) is 0 Å². The second-order valence-corrected chi connectivity index (χ2v) is 4.51. The van der Waals surface area contributed by atoms with Crippen LogP contribution in [0.4, 0.5) is 5.69 Å². The van der Waals surface area contributed by atoms with Gasteiger partial charge >= 0.3 is 0 Å². The number of rotatable bonds is 1. The Hall–Kier alpha value is -0.990. The molecule has 0 saturated carbocycles. The van der Waals surface area contributed by atoms with E-state index in [-0.39, 0.29) is 0 Å². The summed E-state index contributed by atoms with van der Waals surface area (Å²) in [6.07, 6.45) is 4.22. The highest BCUT2D eigenvalue weighted by molar-refractivity contribution is 6.30. The van der Waals surface area contributed by atoms with E-state index in [1.807, 2.05) is 29.3 Å². The summed E-state index contributed by atoms with van der Waals surface area (Å²) in [7, 11) is 0. The fraction of sp³-hybridized carbons (Fsp3) is 0.333. The Labute approximate surface area is 94.1 Å². The van der Waals surface area contributed by atoms with Crippen LogP contribution in [0.3, 0.4) is 0 Å². The van der Waals surface area contributed by atoms with E-state index in [1.54, 1.807) is 0 Å². The van der Waals surface area contributed by atoms with Gasteiger partial charge < -0.3 is 0 Å². The van der Waals surface area contributed by atoms with Crippen LogP contribution in [0, 0.1) is 0 Å². The van der Waals surface area contributed by atoms with Gasteiger partial charge in [-0.1, -0.05) is 17.7 Å². The van der Waals surface area contributed by atoms with Crippen molar-refractivity contribution in [1.29, 1.82) is 0 Å². The van der Waals surface area contributed by atoms with Crippen molar-refractivity contribution < 1.29 is 4.84 Å². The fourth-order valence-electron chi connectivity index (χ4n) is 2.37. The molecule has 0 unspecified atom stereocenters. The summed E-state index contributed by atoms with van der Waals surface area (Å²) in [6.45, 7) is 3.85. The number of hydrogen-bond acceptors (Lipinski definition) is 2. The third-order valence-corrected chi connectivity index (χ3v) is 3.30. The molecule has 0 N–H and O–H groups in total. The largest absolute Gasteiger partial charge is 0.269 e. The molecule has 2 bridgehead atoms. The summed E-state index contributed by atoms with van der Waals surface area (Å²) < 4.78 is 0. The van der Waals surface area contributed by atoms with E-state index in [9.17, 15) is 0 Å². The Bertz CT molecular complexity index is 418. The monoisotopic (exact) mass is 221 g/mol. The molecule has 1 saturated heterocycles. The second kappa shape index (κ2) is 3.26. The quantitative estimate of drug-likeness (QED) is 0.676. The minimum absolute atomic E-state index is 0.291. The van der Waals surface area contributed by atoms with Gasteiger partial charge in [-0.3, -0.25) is 4.84 Å². The summed E-state index contributed by atoms with van der Waals surface area (Å²) in [4.78, 5) is 5.79. The highest BCUT2D eigenvalue weighted by Gasteiger charge is 2.37. The lowest BCUT2D eigenvalue weighted by atomic mass is 10.0. The molecule has 2 nitrogen and oxygen atoms in total. The first-order valence-electron chi connectivity index (χ1n) is 5.15. The Morgan fingerprint density at radius 2 is 2.40 bits per heavy atom. The summed E-state index contributed by atoms with van der Waals surface area (Å²) in [6, 6.07) is 6.26. The van der Waals surface area contributed by atoms with Crippen LogP contribution in [0.2, 0.25) is 5.02 Å². The maximum atomic E-state index is 5.98. The van der Waals surface area contributed by atoms with Crippen LogP contribution in [0.5, 0.6) is 0 Å². The number of halogens is 1. The molecule has 2 heterocycles. The van der Waals surface area contributed by atoms with E-state index in [4.69, 9.17) is 16.4 Å². The van der Waals surface area contributed by atoms with Crippen LogP contribution in [-0.2, 0) is 11.3 Å². The van der Waals surface area contributed by atoms with Crippen LogP contribution < -0.4 is 5.06 Å².